The van der Waals surface area contributed by atoms with E-state index in [0.717, 1.165) is 18.8 Å². The van der Waals surface area contributed by atoms with Gasteiger partial charge in [-0.15, -0.1) is 0 Å². The molecule has 0 radical (unpaired) electrons. The van der Waals surface area contributed by atoms with Crippen LogP contribution in [0.5, 0.6) is 0 Å². The Kier molecular flexibility index (Phi) is 10.5. The van der Waals surface area contributed by atoms with E-state index in [1.807, 2.05) is 0 Å². The van der Waals surface area contributed by atoms with Crippen LogP contribution >= 0.6 is 0 Å². The van der Waals surface area contributed by atoms with Gasteiger partial charge in [0.1, 0.15) is 5.78 Å². The summed E-state index contributed by atoms with van der Waals surface area (Å²) < 4.78 is 0. The molecule has 0 aromatic rings. The first kappa shape index (κ1) is 18.1. The molecule has 1 heteroatoms. The van der Waals surface area contributed by atoms with E-state index < -0.39 is 0 Å². The second-order valence-electron chi connectivity index (χ2n) is 6.15. The van der Waals surface area contributed by atoms with Crippen LogP contribution in [-0.2, 0) is 4.79 Å². The average Bonchev–Trinajstić information content (AvgIpc) is 2.27. The van der Waals surface area contributed by atoms with E-state index in [1.165, 1.54) is 43.3 Å². The maximum atomic E-state index is 10.9. The van der Waals surface area contributed by atoms with E-state index in [2.05, 4.69) is 39.8 Å². The molecule has 1 nitrogen and oxygen atoms in total. The lowest BCUT2D eigenvalue weighted by Gasteiger charge is -2.09. The lowest BCUT2D eigenvalue weighted by atomic mass is 9.97. The summed E-state index contributed by atoms with van der Waals surface area (Å²) in [5.41, 5.74) is 2.92. The first-order valence-corrected chi connectivity index (χ1v) is 7.70. The molecule has 0 amide bonds. The summed E-state index contributed by atoms with van der Waals surface area (Å²) in [6.07, 6.45) is 12.5. The fourth-order valence-corrected chi connectivity index (χ4v) is 2.15. The predicted octanol–water partition coefficient (Wildman–Crippen LogP) is 5.85. The second-order valence-corrected chi connectivity index (χ2v) is 6.15. The first-order valence-electron chi connectivity index (χ1n) is 7.70. The van der Waals surface area contributed by atoms with Crippen LogP contribution in [0.3, 0.4) is 0 Å². The molecule has 0 aliphatic carbocycles. The molecule has 1 unspecified atom stereocenters. The molecule has 110 valence electrons. The lowest BCUT2D eigenvalue weighted by Crippen LogP contribution is -1.97. The minimum absolute atomic E-state index is 0.321. The van der Waals surface area contributed by atoms with E-state index in [4.69, 9.17) is 0 Å². The monoisotopic (exact) mass is 264 g/mol. The topological polar surface area (TPSA) is 17.1 Å². The highest BCUT2D eigenvalue weighted by molar-refractivity contribution is 5.75. The fourth-order valence-electron chi connectivity index (χ4n) is 2.15. The third-order valence-corrected chi connectivity index (χ3v) is 3.47. The predicted molar refractivity (Wildman–Crippen MR) is 85.4 cm³/mol. The summed E-state index contributed by atoms with van der Waals surface area (Å²) in [6, 6.07) is 0. The van der Waals surface area contributed by atoms with E-state index in [0.29, 0.717) is 5.78 Å². The van der Waals surface area contributed by atoms with Crippen molar-refractivity contribution in [3.63, 3.8) is 0 Å². The van der Waals surface area contributed by atoms with Gasteiger partial charge in [-0.2, -0.15) is 0 Å². The second kappa shape index (κ2) is 11.0. The number of hydrogen-bond donors (Lipinski definition) is 0. The van der Waals surface area contributed by atoms with Crippen molar-refractivity contribution in [2.24, 2.45) is 5.92 Å². The van der Waals surface area contributed by atoms with Crippen LogP contribution in [0, 0.1) is 5.92 Å². The Morgan fingerprint density at radius 1 is 0.947 bits per heavy atom. The van der Waals surface area contributed by atoms with E-state index in [9.17, 15) is 4.79 Å². The van der Waals surface area contributed by atoms with Crippen molar-refractivity contribution in [3.8, 4) is 0 Å². The van der Waals surface area contributed by atoms with Crippen LogP contribution in [0.25, 0.3) is 0 Å². The zero-order chi connectivity index (χ0) is 14.7. The Morgan fingerprint density at radius 2 is 1.63 bits per heavy atom. The summed E-state index contributed by atoms with van der Waals surface area (Å²) >= 11 is 0. The molecular weight excluding hydrogens is 232 g/mol. The van der Waals surface area contributed by atoms with E-state index >= 15 is 0 Å². The zero-order valence-electron chi connectivity index (χ0n) is 13.6. The summed E-state index contributed by atoms with van der Waals surface area (Å²) in [6.45, 7) is 10.5. The van der Waals surface area contributed by atoms with Crippen LogP contribution in [0.4, 0.5) is 0 Å². The van der Waals surface area contributed by atoms with Crippen molar-refractivity contribution in [3.05, 3.63) is 23.3 Å². The fraction of sp³-hybridized carbons (Fsp3) is 0.722. The van der Waals surface area contributed by atoms with Gasteiger partial charge < -0.3 is 4.79 Å². The Morgan fingerprint density at radius 3 is 2.21 bits per heavy atom. The summed E-state index contributed by atoms with van der Waals surface area (Å²) in [5, 5.41) is 0. The summed E-state index contributed by atoms with van der Waals surface area (Å²) in [7, 11) is 0. The molecule has 0 heterocycles. The van der Waals surface area contributed by atoms with Crippen LogP contribution in [0.1, 0.15) is 79.6 Å². The smallest absolute Gasteiger partial charge is 0.129 e. The molecule has 0 saturated heterocycles. The van der Waals surface area contributed by atoms with Crippen molar-refractivity contribution in [1.29, 1.82) is 0 Å². The summed E-state index contributed by atoms with van der Waals surface area (Å²) in [5.74, 6) is 1.06. The molecule has 0 spiro atoms. The number of carbonyl (C=O) groups is 1. The number of allylic oxidation sites excluding steroid dienone is 4. The largest absolute Gasteiger partial charge is 0.300 e. The molecule has 0 aromatic heterocycles. The minimum atomic E-state index is 0.321. The van der Waals surface area contributed by atoms with Gasteiger partial charge in [-0.25, -0.2) is 0 Å². The molecule has 0 saturated carbocycles. The molecule has 0 bridgehead atoms. The lowest BCUT2D eigenvalue weighted by molar-refractivity contribution is -0.117. The van der Waals surface area contributed by atoms with Crippen molar-refractivity contribution in [2.45, 2.75) is 79.6 Å². The van der Waals surface area contributed by atoms with Gasteiger partial charge in [0, 0.05) is 6.42 Å². The van der Waals surface area contributed by atoms with Gasteiger partial charge in [-0.1, -0.05) is 36.6 Å². The van der Waals surface area contributed by atoms with Crippen molar-refractivity contribution in [2.75, 3.05) is 0 Å². The third-order valence-electron chi connectivity index (χ3n) is 3.47. The first-order chi connectivity index (χ1) is 8.91. The van der Waals surface area contributed by atoms with Gasteiger partial charge in [0.05, 0.1) is 0 Å². The maximum Gasteiger partial charge on any atom is 0.129 e. The van der Waals surface area contributed by atoms with Gasteiger partial charge >= 0.3 is 0 Å². The highest BCUT2D eigenvalue weighted by Crippen LogP contribution is 2.16. The van der Waals surface area contributed by atoms with E-state index in [-0.39, 0.29) is 0 Å². The molecule has 0 aromatic carbocycles. The third kappa shape index (κ3) is 13.4. The van der Waals surface area contributed by atoms with Crippen LogP contribution in [-0.4, -0.2) is 5.78 Å². The number of Topliss-reactive ketones (excluding diaryl/α,β-unsaturated/α-hetero) is 1. The molecular formula is C18H32O. The van der Waals surface area contributed by atoms with E-state index in [1.54, 1.807) is 6.92 Å². The number of rotatable bonds is 10. The Bertz CT molecular complexity index is 306. The molecule has 1 atom stereocenters. The molecule has 0 N–H and O–H groups in total. The molecule has 19 heavy (non-hydrogen) atoms. The van der Waals surface area contributed by atoms with Gasteiger partial charge in [0.15, 0.2) is 0 Å². The van der Waals surface area contributed by atoms with Gasteiger partial charge in [0.25, 0.3) is 0 Å². The zero-order valence-corrected chi connectivity index (χ0v) is 13.6. The molecule has 0 fully saturated rings. The van der Waals surface area contributed by atoms with Crippen molar-refractivity contribution in [1.82, 2.24) is 0 Å². The minimum Gasteiger partial charge on any atom is -0.300 e. The van der Waals surface area contributed by atoms with Gasteiger partial charge in [-0.05, 0) is 65.7 Å². The molecule has 0 aliphatic rings. The van der Waals surface area contributed by atoms with Gasteiger partial charge in [0.2, 0.25) is 0 Å². The highest BCUT2D eigenvalue weighted by Gasteiger charge is 2.02. The Hall–Kier alpha value is -0.850. The van der Waals surface area contributed by atoms with Crippen molar-refractivity contribution < 1.29 is 4.79 Å². The normalized spacial score (nSPS) is 13.2. The maximum absolute atomic E-state index is 10.9. The standard InChI is InChI=1S/C18H32O/c1-15(2)9-6-10-16(3)11-7-12-17(4)13-8-14-18(5)19/h9,11,17H,6-8,10,12-14H2,1-5H3/b16-11+. The number of ketones is 1. The van der Waals surface area contributed by atoms with Gasteiger partial charge in [-0.3, -0.25) is 0 Å². The van der Waals surface area contributed by atoms with Crippen LogP contribution in [0.2, 0.25) is 0 Å². The van der Waals surface area contributed by atoms with Crippen LogP contribution in [0.15, 0.2) is 23.3 Å². The van der Waals surface area contributed by atoms with Crippen LogP contribution < -0.4 is 0 Å². The SMILES string of the molecule is CC(=O)CCCC(C)CC/C=C(\C)CCC=C(C)C. The highest BCUT2D eigenvalue weighted by atomic mass is 16.1. The Balaban J connectivity index is 3.69. The average molecular weight is 264 g/mol. The number of hydrogen-bond acceptors (Lipinski definition) is 1. The quantitative estimate of drug-likeness (QED) is 0.452. The number of carbonyl (C=O) groups excluding carboxylic acids is 1. The van der Waals surface area contributed by atoms with Crippen molar-refractivity contribution >= 4 is 5.78 Å². The molecule has 0 aliphatic heterocycles. The molecule has 0 rings (SSSR count). The summed E-state index contributed by atoms with van der Waals surface area (Å²) in [4.78, 5) is 10.9. The Labute approximate surface area is 120 Å².